The molecule has 2 atom stereocenters. The van der Waals surface area contributed by atoms with Crippen LogP contribution in [0.25, 0.3) is 0 Å². The van der Waals surface area contributed by atoms with E-state index < -0.39 is 0 Å². The van der Waals surface area contributed by atoms with Gasteiger partial charge in [-0.05, 0) is 27.4 Å². The number of amides is 2. The molecule has 1 saturated heterocycles. The molecule has 1 aliphatic heterocycles. The molecule has 2 rings (SSSR count). The minimum atomic E-state index is -0.0826. The SMILES string of the molecule is CC[C@H]1CN(C(=O)Nc2cnn(CCN(C)C)c2)C[C@@H](C)O1. The monoisotopic (exact) mass is 309 g/mol. The van der Waals surface area contributed by atoms with Gasteiger partial charge in [-0.3, -0.25) is 4.68 Å². The van der Waals surface area contributed by atoms with E-state index in [4.69, 9.17) is 4.74 Å². The maximum Gasteiger partial charge on any atom is 0.322 e. The number of carbonyl (C=O) groups is 1. The van der Waals surface area contributed by atoms with Gasteiger partial charge in [0, 0.05) is 25.8 Å². The molecule has 1 aromatic heterocycles. The van der Waals surface area contributed by atoms with Crippen LogP contribution in [-0.4, -0.2) is 71.5 Å². The van der Waals surface area contributed by atoms with E-state index in [1.54, 1.807) is 6.20 Å². The van der Waals surface area contributed by atoms with Crippen LogP contribution in [0, 0.1) is 0 Å². The highest BCUT2D eigenvalue weighted by Crippen LogP contribution is 2.15. The predicted molar refractivity (Wildman–Crippen MR) is 86.0 cm³/mol. The molecule has 7 nitrogen and oxygen atoms in total. The molecule has 1 N–H and O–H groups in total. The quantitative estimate of drug-likeness (QED) is 0.895. The van der Waals surface area contributed by atoms with E-state index in [2.05, 4.69) is 22.2 Å². The summed E-state index contributed by atoms with van der Waals surface area (Å²) in [6.07, 6.45) is 4.66. The third-order valence-corrected chi connectivity index (χ3v) is 3.73. The molecule has 1 fully saturated rings. The van der Waals surface area contributed by atoms with E-state index in [-0.39, 0.29) is 18.2 Å². The lowest BCUT2D eigenvalue weighted by Gasteiger charge is -2.36. The molecular formula is C15H27N5O2. The van der Waals surface area contributed by atoms with Gasteiger partial charge in [-0.1, -0.05) is 6.92 Å². The molecule has 0 aliphatic carbocycles. The molecule has 1 aliphatic rings. The van der Waals surface area contributed by atoms with Gasteiger partial charge in [0.1, 0.15) is 0 Å². The summed E-state index contributed by atoms with van der Waals surface area (Å²) < 4.78 is 7.62. The topological polar surface area (TPSA) is 62.6 Å². The second kappa shape index (κ2) is 7.60. The summed E-state index contributed by atoms with van der Waals surface area (Å²) in [7, 11) is 4.05. The number of hydrogen-bond donors (Lipinski definition) is 1. The van der Waals surface area contributed by atoms with Crippen molar-refractivity contribution in [3.63, 3.8) is 0 Å². The fraction of sp³-hybridized carbons (Fsp3) is 0.733. The van der Waals surface area contributed by atoms with Crippen LogP contribution in [0.2, 0.25) is 0 Å². The zero-order chi connectivity index (χ0) is 16.1. The van der Waals surface area contributed by atoms with Gasteiger partial charge in [0.15, 0.2) is 0 Å². The Morgan fingerprint density at radius 1 is 1.50 bits per heavy atom. The van der Waals surface area contributed by atoms with Gasteiger partial charge in [-0.2, -0.15) is 5.10 Å². The van der Waals surface area contributed by atoms with Gasteiger partial charge in [0.2, 0.25) is 0 Å². The molecule has 0 aromatic carbocycles. The summed E-state index contributed by atoms with van der Waals surface area (Å²) in [5, 5.41) is 7.18. The Morgan fingerprint density at radius 2 is 2.27 bits per heavy atom. The van der Waals surface area contributed by atoms with Crippen LogP contribution in [0.15, 0.2) is 12.4 Å². The van der Waals surface area contributed by atoms with Gasteiger partial charge < -0.3 is 19.9 Å². The number of nitrogens with zero attached hydrogens (tertiary/aromatic N) is 4. The highest BCUT2D eigenvalue weighted by Gasteiger charge is 2.27. The summed E-state index contributed by atoms with van der Waals surface area (Å²) in [6, 6.07) is -0.0826. The number of ether oxygens (including phenoxy) is 1. The molecule has 22 heavy (non-hydrogen) atoms. The Bertz CT molecular complexity index is 488. The first-order valence-corrected chi connectivity index (χ1v) is 7.86. The van der Waals surface area contributed by atoms with E-state index in [0.29, 0.717) is 13.1 Å². The third-order valence-electron chi connectivity index (χ3n) is 3.73. The highest BCUT2D eigenvalue weighted by atomic mass is 16.5. The number of morpholine rings is 1. The van der Waals surface area contributed by atoms with Gasteiger partial charge in [0.25, 0.3) is 0 Å². The fourth-order valence-electron chi connectivity index (χ4n) is 2.49. The lowest BCUT2D eigenvalue weighted by atomic mass is 10.2. The highest BCUT2D eigenvalue weighted by molar-refractivity contribution is 5.89. The van der Waals surface area contributed by atoms with Crippen molar-refractivity contribution in [3.05, 3.63) is 12.4 Å². The normalized spacial score (nSPS) is 22.1. The largest absolute Gasteiger partial charge is 0.372 e. The van der Waals surface area contributed by atoms with Gasteiger partial charge in [0.05, 0.1) is 30.6 Å². The van der Waals surface area contributed by atoms with Crippen molar-refractivity contribution in [2.45, 2.75) is 39.0 Å². The van der Waals surface area contributed by atoms with Crippen LogP contribution < -0.4 is 5.32 Å². The Morgan fingerprint density at radius 3 is 2.95 bits per heavy atom. The molecule has 0 spiro atoms. The van der Waals surface area contributed by atoms with Crippen LogP contribution >= 0.6 is 0 Å². The molecule has 2 amide bonds. The maximum absolute atomic E-state index is 12.4. The number of nitrogens with one attached hydrogen (secondary N) is 1. The number of anilines is 1. The Labute approximate surface area is 132 Å². The van der Waals surface area contributed by atoms with Crippen molar-refractivity contribution in [2.75, 3.05) is 39.0 Å². The van der Waals surface area contributed by atoms with Crippen molar-refractivity contribution >= 4 is 11.7 Å². The molecule has 2 heterocycles. The van der Waals surface area contributed by atoms with Crippen molar-refractivity contribution in [1.29, 1.82) is 0 Å². The van der Waals surface area contributed by atoms with Crippen LogP contribution in [-0.2, 0) is 11.3 Å². The smallest absolute Gasteiger partial charge is 0.322 e. The summed E-state index contributed by atoms with van der Waals surface area (Å²) in [5.74, 6) is 0. The van der Waals surface area contributed by atoms with Crippen molar-refractivity contribution in [2.24, 2.45) is 0 Å². The maximum atomic E-state index is 12.4. The first-order valence-electron chi connectivity index (χ1n) is 7.86. The molecule has 7 heteroatoms. The fourth-order valence-corrected chi connectivity index (χ4v) is 2.49. The number of likely N-dealkylation sites (N-methyl/N-ethyl adjacent to an activating group) is 1. The first kappa shape index (κ1) is 16.8. The second-order valence-electron chi connectivity index (χ2n) is 6.11. The summed E-state index contributed by atoms with van der Waals surface area (Å²) >= 11 is 0. The molecule has 0 radical (unpaired) electrons. The van der Waals surface area contributed by atoms with E-state index >= 15 is 0 Å². The van der Waals surface area contributed by atoms with Crippen molar-refractivity contribution in [3.8, 4) is 0 Å². The number of carbonyl (C=O) groups excluding carboxylic acids is 1. The second-order valence-corrected chi connectivity index (χ2v) is 6.11. The minimum absolute atomic E-state index is 0.0762. The van der Waals surface area contributed by atoms with Crippen molar-refractivity contribution in [1.82, 2.24) is 19.6 Å². The number of aromatic nitrogens is 2. The predicted octanol–water partition coefficient (Wildman–Crippen LogP) is 1.48. The molecule has 0 bridgehead atoms. The van der Waals surface area contributed by atoms with Crippen LogP contribution in [0.3, 0.4) is 0 Å². The van der Waals surface area contributed by atoms with E-state index in [9.17, 15) is 4.79 Å². The molecule has 1 aromatic rings. The number of hydrogen-bond acceptors (Lipinski definition) is 4. The van der Waals surface area contributed by atoms with E-state index in [1.807, 2.05) is 36.8 Å². The molecule has 0 unspecified atom stereocenters. The Hall–Kier alpha value is -1.60. The van der Waals surface area contributed by atoms with Crippen molar-refractivity contribution < 1.29 is 9.53 Å². The van der Waals surface area contributed by atoms with Gasteiger partial charge >= 0.3 is 6.03 Å². The summed E-state index contributed by atoms with van der Waals surface area (Å²) in [6.45, 7) is 7.05. The molecule has 0 saturated carbocycles. The average Bonchev–Trinajstić information content (AvgIpc) is 2.92. The third kappa shape index (κ3) is 4.71. The van der Waals surface area contributed by atoms with E-state index in [1.165, 1.54) is 0 Å². The number of rotatable bonds is 5. The molecular weight excluding hydrogens is 282 g/mol. The van der Waals surface area contributed by atoms with Crippen LogP contribution in [0.1, 0.15) is 20.3 Å². The van der Waals surface area contributed by atoms with E-state index in [0.717, 1.165) is 25.2 Å². The van der Waals surface area contributed by atoms with Gasteiger partial charge in [-0.25, -0.2) is 4.79 Å². The summed E-state index contributed by atoms with van der Waals surface area (Å²) in [4.78, 5) is 16.3. The zero-order valence-electron chi connectivity index (χ0n) is 14.0. The summed E-state index contributed by atoms with van der Waals surface area (Å²) in [5.41, 5.74) is 0.732. The zero-order valence-corrected chi connectivity index (χ0v) is 14.0. The minimum Gasteiger partial charge on any atom is -0.372 e. The first-order chi connectivity index (χ1) is 10.5. The standard InChI is InChI=1S/C15H27N5O2/c1-5-14-11-19(9-12(2)22-14)15(21)17-13-8-16-20(10-13)7-6-18(3)4/h8,10,12,14H,5-7,9,11H2,1-4H3,(H,17,21)/t12-,14+/m1/s1. The number of urea groups is 1. The van der Waals surface area contributed by atoms with Crippen LogP contribution in [0.4, 0.5) is 10.5 Å². The average molecular weight is 309 g/mol. The molecule has 124 valence electrons. The Kier molecular flexibility index (Phi) is 5.79. The lowest BCUT2D eigenvalue weighted by Crippen LogP contribution is -2.50. The Balaban J connectivity index is 1.88. The lowest BCUT2D eigenvalue weighted by molar-refractivity contribution is -0.0632. The van der Waals surface area contributed by atoms with Crippen LogP contribution in [0.5, 0.6) is 0 Å². The van der Waals surface area contributed by atoms with Gasteiger partial charge in [-0.15, -0.1) is 0 Å².